The van der Waals surface area contributed by atoms with Gasteiger partial charge in [0, 0.05) is 23.0 Å². The van der Waals surface area contributed by atoms with E-state index in [1.807, 2.05) is 56.3 Å². The van der Waals surface area contributed by atoms with Crippen molar-refractivity contribution in [2.75, 3.05) is 11.1 Å². The summed E-state index contributed by atoms with van der Waals surface area (Å²) in [4.78, 5) is 42.3. The first-order valence-corrected chi connectivity index (χ1v) is 13.9. The Kier molecular flexibility index (Phi) is 10.2. The maximum atomic E-state index is 14.1. The van der Waals surface area contributed by atoms with Crippen LogP contribution in [0.15, 0.2) is 66.7 Å². The third-order valence-electron chi connectivity index (χ3n) is 6.45. The number of nitrogens with zero attached hydrogens (tertiary/aromatic N) is 1. The molecule has 3 atom stereocenters. The first kappa shape index (κ1) is 30.6. The van der Waals surface area contributed by atoms with Crippen molar-refractivity contribution in [1.29, 1.82) is 0 Å². The minimum atomic E-state index is -1.08. The Hall–Kier alpha value is -3.96. The summed E-state index contributed by atoms with van der Waals surface area (Å²) < 4.78 is 5.37. The summed E-state index contributed by atoms with van der Waals surface area (Å²) in [6, 6.07) is 18.0. The Morgan fingerprint density at radius 3 is 2.30 bits per heavy atom. The average Bonchev–Trinajstić information content (AvgIpc) is 2.92. The number of thiol groups is 1. The summed E-state index contributed by atoms with van der Waals surface area (Å²) in [7, 11) is 0. The maximum Gasteiger partial charge on any atom is 0.408 e. The van der Waals surface area contributed by atoms with Crippen molar-refractivity contribution in [3.63, 3.8) is 0 Å². The number of terminal acetylenes is 1. The van der Waals surface area contributed by atoms with E-state index in [0.29, 0.717) is 23.2 Å². The molecule has 3 aromatic carbocycles. The van der Waals surface area contributed by atoms with Crippen molar-refractivity contribution < 1.29 is 19.1 Å². The van der Waals surface area contributed by atoms with Crippen LogP contribution < -0.4 is 10.6 Å². The van der Waals surface area contributed by atoms with E-state index in [0.717, 1.165) is 10.8 Å². The van der Waals surface area contributed by atoms with Crippen LogP contribution in [-0.4, -0.2) is 46.2 Å². The second kappa shape index (κ2) is 13.4. The number of fused-ring (bicyclic) bond motifs is 1. The molecule has 0 aliphatic heterocycles. The highest BCUT2D eigenvalue weighted by Crippen LogP contribution is 2.30. The highest BCUT2D eigenvalue weighted by Gasteiger charge is 2.39. The van der Waals surface area contributed by atoms with Gasteiger partial charge in [0.25, 0.3) is 5.91 Å². The molecule has 3 unspecified atom stereocenters. The number of carbonyl (C=O) groups is 3. The standard InChI is InChI=1S/C32H37N3O4S/c1-7-21(3)35(30(37)27(20-40)34-31(38)39-32(4,5)6)28(26-16-12-11-13-22(26)8-2)29(36)33-25-18-17-23-14-9-10-15-24(23)19-25/h2,9-19,21,27-28,40H,7,20H2,1,3-6H3,(H,33,36)(H,34,38). The smallest absolute Gasteiger partial charge is 0.408 e. The molecule has 0 heterocycles. The largest absolute Gasteiger partial charge is 0.444 e. The average molecular weight is 560 g/mol. The van der Waals surface area contributed by atoms with E-state index >= 15 is 0 Å². The summed E-state index contributed by atoms with van der Waals surface area (Å²) in [6.07, 6.45) is 5.63. The van der Waals surface area contributed by atoms with E-state index in [9.17, 15) is 14.4 Å². The summed E-state index contributed by atoms with van der Waals surface area (Å²) in [5.74, 6) is 1.75. The second-order valence-electron chi connectivity index (χ2n) is 10.6. The molecule has 3 rings (SSSR count). The fourth-order valence-corrected chi connectivity index (χ4v) is 4.62. The minimum absolute atomic E-state index is 0.000803. The van der Waals surface area contributed by atoms with Crippen LogP contribution in [0, 0.1) is 12.3 Å². The zero-order chi connectivity index (χ0) is 29.4. The molecule has 7 nitrogen and oxygen atoms in total. The molecule has 3 aromatic rings. The van der Waals surface area contributed by atoms with Gasteiger partial charge in [-0.15, -0.1) is 6.42 Å². The van der Waals surface area contributed by atoms with Crippen molar-refractivity contribution in [1.82, 2.24) is 10.2 Å². The summed E-state index contributed by atoms with van der Waals surface area (Å²) in [5.41, 5.74) is 0.830. The first-order valence-electron chi connectivity index (χ1n) is 13.3. The lowest BCUT2D eigenvalue weighted by Gasteiger charge is -2.38. The number of alkyl carbamates (subject to hydrolysis) is 1. The van der Waals surface area contributed by atoms with Crippen LogP contribution in [0.5, 0.6) is 0 Å². The summed E-state index contributed by atoms with van der Waals surface area (Å²) >= 11 is 4.34. The lowest BCUT2D eigenvalue weighted by atomic mass is 9.95. The number of ether oxygens (including phenoxy) is 1. The monoisotopic (exact) mass is 559 g/mol. The van der Waals surface area contributed by atoms with Crippen molar-refractivity contribution in [3.8, 4) is 12.3 Å². The Labute approximate surface area is 242 Å². The number of carbonyl (C=O) groups excluding carboxylic acids is 3. The van der Waals surface area contributed by atoms with E-state index in [-0.39, 0.29) is 11.8 Å². The molecule has 40 heavy (non-hydrogen) atoms. The molecule has 210 valence electrons. The Morgan fingerprint density at radius 2 is 1.68 bits per heavy atom. The highest BCUT2D eigenvalue weighted by atomic mass is 32.1. The molecular formula is C32H37N3O4S. The molecule has 3 amide bonds. The Morgan fingerprint density at radius 1 is 1.02 bits per heavy atom. The predicted molar refractivity (Wildman–Crippen MR) is 163 cm³/mol. The normalized spacial score (nSPS) is 13.4. The number of amides is 3. The fourth-order valence-electron chi connectivity index (χ4n) is 4.37. The minimum Gasteiger partial charge on any atom is -0.444 e. The zero-order valence-electron chi connectivity index (χ0n) is 23.6. The third-order valence-corrected chi connectivity index (χ3v) is 6.81. The van der Waals surface area contributed by atoms with Gasteiger partial charge in [0.05, 0.1) is 0 Å². The van der Waals surface area contributed by atoms with Gasteiger partial charge in [0.2, 0.25) is 5.91 Å². The number of rotatable bonds is 9. The molecule has 0 saturated carbocycles. The molecule has 0 bridgehead atoms. The van der Waals surface area contributed by atoms with Gasteiger partial charge in [0.1, 0.15) is 17.7 Å². The lowest BCUT2D eigenvalue weighted by molar-refractivity contribution is -0.142. The van der Waals surface area contributed by atoms with Crippen LogP contribution in [-0.2, 0) is 14.3 Å². The number of hydrogen-bond acceptors (Lipinski definition) is 5. The number of anilines is 1. The number of hydrogen-bond donors (Lipinski definition) is 3. The molecule has 0 spiro atoms. The van der Waals surface area contributed by atoms with Crippen molar-refractivity contribution in [2.45, 2.75) is 64.8 Å². The number of nitrogens with one attached hydrogen (secondary N) is 2. The zero-order valence-corrected chi connectivity index (χ0v) is 24.5. The van der Waals surface area contributed by atoms with E-state index < -0.39 is 35.6 Å². The molecule has 0 aromatic heterocycles. The van der Waals surface area contributed by atoms with Crippen molar-refractivity contribution in [2.24, 2.45) is 0 Å². The second-order valence-corrected chi connectivity index (χ2v) is 10.9. The molecular weight excluding hydrogens is 522 g/mol. The molecule has 0 saturated heterocycles. The van der Waals surface area contributed by atoms with Gasteiger partial charge in [-0.25, -0.2) is 4.79 Å². The van der Waals surface area contributed by atoms with E-state index in [1.165, 1.54) is 4.90 Å². The Balaban J connectivity index is 2.06. The molecule has 0 aliphatic carbocycles. The van der Waals surface area contributed by atoms with Gasteiger partial charge in [-0.3, -0.25) is 9.59 Å². The topological polar surface area (TPSA) is 87.7 Å². The third kappa shape index (κ3) is 7.57. The van der Waals surface area contributed by atoms with Crippen LogP contribution in [0.25, 0.3) is 10.8 Å². The van der Waals surface area contributed by atoms with E-state index in [4.69, 9.17) is 11.2 Å². The van der Waals surface area contributed by atoms with Gasteiger partial charge in [-0.05, 0) is 68.7 Å². The molecule has 8 heteroatoms. The summed E-state index contributed by atoms with van der Waals surface area (Å²) in [5, 5.41) is 7.62. The molecule has 0 fully saturated rings. The van der Waals surface area contributed by atoms with Gasteiger partial charge < -0.3 is 20.3 Å². The van der Waals surface area contributed by atoms with Crippen LogP contribution >= 0.6 is 12.6 Å². The van der Waals surface area contributed by atoms with E-state index in [2.05, 4.69) is 29.2 Å². The van der Waals surface area contributed by atoms with E-state index in [1.54, 1.807) is 45.0 Å². The quantitative estimate of drug-likeness (QED) is 0.223. The first-order chi connectivity index (χ1) is 19.0. The highest BCUT2D eigenvalue weighted by molar-refractivity contribution is 7.80. The van der Waals surface area contributed by atoms with Gasteiger partial charge in [-0.2, -0.15) is 12.6 Å². The molecule has 0 radical (unpaired) electrons. The number of benzene rings is 3. The van der Waals surface area contributed by atoms with Crippen LogP contribution in [0.1, 0.15) is 58.2 Å². The lowest BCUT2D eigenvalue weighted by Crippen LogP contribution is -2.55. The Bertz CT molecular complexity index is 1410. The maximum absolute atomic E-state index is 14.1. The molecule has 2 N–H and O–H groups in total. The summed E-state index contributed by atoms with van der Waals surface area (Å²) in [6.45, 7) is 8.99. The van der Waals surface area contributed by atoms with Crippen LogP contribution in [0.4, 0.5) is 10.5 Å². The van der Waals surface area contributed by atoms with Crippen molar-refractivity contribution >= 4 is 47.0 Å². The molecule has 0 aliphatic rings. The van der Waals surface area contributed by atoms with Gasteiger partial charge in [0.15, 0.2) is 0 Å². The van der Waals surface area contributed by atoms with Gasteiger partial charge >= 0.3 is 6.09 Å². The predicted octanol–water partition coefficient (Wildman–Crippen LogP) is 5.95. The SMILES string of the molecule is C#Cc1ccccc1C(C(=O)Nc1ccc2ccccc2c1)N(C(=O)C(CS)NC(=O)OC(C)(C)C)C(C)CC. The van der Waals surface area contributed by atoms with Crippen molar-refractivity contribution in [3.05, 3.63) is 77.9 Å². The van der Waals surface area contributed by atoms with Gasteiger partial charge in [-0.1, -0.05) is 61.4 Å². The fraction of sp³-hybridized carbons (Fsp3) is 0.344. The van der Waals surface area contributed by atoms with Crippen LogP contribution in [0.2, 0.25) is 0 Å². The van der Waals surface area contributed by atoms with Crippen LogP contribution in [0.3, 0.4) is 0 Å².